The number of para-hydroxylation sites is 3. The SMILES string of the molecule is O=C(Nc1ccn(-c2ccccc2)n1)c1ccc(-n2cnc3ccccc32)cc1. The lowest BCUT2D eigenvalue weighted by Gasteiger charge is -2.06. The summed E-state index contributed by atoms with van der Waals surface area (Å²) in [6.45, 7) is 0. The van der Waals surface area contributed by atoms with Crippen molar-refractivity contribution in [2.45, 2.75) is 0 Å². The van der Waals surface area contributed by atoms with Crippen LogP contribution >= 0.6 is 0 Å². The lowest BCUT2D eigenvalue weighted by Crippen LogP contribution is -2.12. The van der Waals surface area contributed by atoms with Gasteiger partial charge in [-0.3, -0.25) is 9.36 Å². The Kier molecular flexibility index (Phi) is 4.14. The zero-order valence-corrected chi connectivity index (χ0v) is 15.4. The van der Waals surface area contributed by atoms with Gasteiger partial charge in [-0.25, -0.2) is 9.67 Å². The van der Waals surface area contributed by atoms with Gasteiger partial charge < -0.3 is 5.32 Å². The maximum absolute atomic E-state index is 12.6. The molecule has 0 aliphatic heterocycles. The highest BCUT2D eigenvalue weighted by atomic mass is 16.1. The van der Waals surface area contributed by atoms with E-state index in [1.165, 1.54) is 0 Å². The number of hydrogen-bond donors (Lipinski definition) is 1. The van der Waals surface area contributed by atoms with E-state index in [1.54, 1.807) is 29.2 Å². The van der Waals surface area contributed by atoms with Crippen LogP contribution in [0.5, 0.6) is 0 Å². The molecule has 0 atom stereocenters. The molecule has 0 aliphatic carbocycles. The highest BCUT2D eigenvalue weighted by molar-refractivity contribution is 6.03. The van der Waals surface area contributed by atoms with E-state index in [2.05, 4.69) is 15.4 Å². The van der Waals surface area contributed by atoms with Crippen molar-refractivity contribution in [3.8, 4) is 11.4 Å². The van der Waals surface area contributed by atoms with Crippen molar-refractivity contribution >= 4 is 22.8 Å². The second-order valence-corrected chi connectivity index (χ2v) is 6.59. The van der Waals surface area contributed by atoms with E-state index in [4.69, 9.17) is 0 Å². The van der Waals surface area contributed by atoms with Crippen molar-refractivity contribution in [1.29, 1.82) is 0 Å². The number of rotatable bonds is 4. The Balaban J connectivity index is 1.34. The van der Waals surface area contributed by atoms with E-state index < -0.39 is 0 Å². The maximum Gasteiger partial charge on any atom is 0.256 e. The van der Waals surface area contributed by atoms with Crippen LogP contribution in [0.25, 0.3) is 22.4 Å². The molecule has 0 fully saturated rings. The summed E-state index contributed by atoms with van der Waals surface area (Å²) in [5.74, 6) is 0.300. The van der Waals surface area contributed by atoms with E-state index in [1.807, 2.05) is 77.5 Å². The number of imidazole rings is 1. The molecular weight excluding hydrogens is 362 g/mol. The van der Waals surface area contributed by atoms with Crippen LogP contribution in [0.4, 0.5) is 5.82 Å². The van der Waals surface area contributed by atoms with Gasteiger partial charge in [0.2, 0.25) is 0 Å². The first-order valence-corrected chi connectivity index (χ1v) is 9.23. The maximum atomic E-state index is 12.6. The first kappa shape index (κ1) is 16.9. The van der Waals surface area contributed by atoms with Crippen molar-refractivity contribution in [3.63, 3.8) is 0 Å². The number of aromatic nitrogens is 4. The number of hydrogen-bond acceptors (Lipinski definition) is 3. The molecule has 3 aromatic carbocycles. The van der Waals surface area contributed by atoms with Crippen LogP contribution in [-0.2, 0) is 0 Å². The normalized spacial score (nSPS) is 10.9. The monoisotopic (exact) mass is 379 g/mol. The van der Waals surface area contributed by atoms with E-state index in [9.17, 15) is 4.79 Å². The summed E-state index contributed by atoms with van der Waals surface area (Å²) in [4.78, 5) is 17.0. The van der Waals surface area contributed by atoms with Gasteiger partial charge in [-0.15, -0.1) is 0 Å². The summed E-state index contributed by atoms with van der Waals surface area (Å²) < 4.78 is 3.72. The standard InChI is InChI=1S/C23H17N5O/c29-23(25-22-14-15-28(26-22)19-6-2-1-3-7-19)17-10-12-18(13-11-17)27-16-24-20-8-4-5-9-21(20)27/h1-16H,(H,25,26,29). The molecule has 0 saturated carbocycles. The van der Waals surface area contributed by atoms with E-state index in [-0.39, 0.29) is 5.91 Å². The van der Waals surface area contributed by atoms with Crippen molar-refractivity contribution in [3.05, 3.63) is 103 Å². The molecule has 2 aromatic heterocycles. The Hall–Kier alpha value is -4.19. The van der Waals surface area contributed by atoms with E-state index in [0.29, 0.717) is 11.4 Å². The van der Waals surface area contributed by atoms with Crippen LogP contribution in [0.1, 0.15) is 10.4 Å². The average molecular weight is 379 g/mol. The first-order chi connectivity index (χ1) is 14.3. The molecule has 0 unspecified atom stereocenters. The van der Waals surface area contributed by atoms with Gasteiger partial charge in [0.05, 0.1) is 16.7 Å². The lowest BCUT2D eigenvalue weighted by atomic mass is 10.2. The molecule has 1 amide bonds. The number of nitrogens with zero attached hydrogens (tertiary/aromatic N) is 4. The number of anilines is 1. The zero-order valence-electron chi connectivity index (χ0n) is 15.4. The first-order valence-electron chi connectivity index (χ1n) is 9.23. The smallest absolute Gasteiger partial charge is 0.256 e. The molecule has 6 heteroatoms. The number of carbonyl (C=O) groups is 1. The fraction of sp³-hybridized carbons (Fsp3) is 0. The predicted molar refractivity (Wildman–Crippen MR) is 113 cm³/mol. The summed E-state index contributed by atoms with van der Waals surface area (Å²) in [7, 11) is 0. The molecule has 5 aromatic rings. The minimum Gasteiger partial charge on any atom is -0.305 e. The number of nitrogens with one attached hydrogen (secondary N) is 1. The summed E-state index contributed by atoms with van der Waals surface area (Å²) in [6.07, 6.45) is 3.61. The molecule has 6 nitrogen and oxygen atoms in total. The van der Waals surface area contributed by atoms with Crippen molar-refractivity contribution in [2.75, 3.05) is 5.32 Å². The summed E-state index contributed by atoms with van der Waals surface area (Å²) in [5.41, 5.74) is 4.40. The number of carbonyl (C=O) groups excluding carboxylic acids is 1. The molecule has 1 N–H and O–H groups in total. The van der Waals surface area contributed by atoms with Gasteiger partial charge in [0.15, 0.2) is 5.82 Å². The number of amides is 1. The van der Waals surface area contributed by atoms with E-state index in [0.717, 1.165) is 22.4 Å². The molecule has 0 saturated heterocycles. The van der Waals surface area contributed by atoms with Gasteiger partial charge in [0, 0.05) is 23.5 Å². The molecule has 0 radical (unpaired) electrons. The zero-order chi connectivity index (χ0) is 19.6. The fourth-order valence-electron chi connectivity index (χ4n) is 3.24. The molecule has 0 bridgehead atoms. The highest BCUT2D eigenvalue weighted by Crippen LogP contribution is 2.19. The highest BCUT2D eigenvalue weighted by Gasteiger charge is 2.10. The summed E-state index contributed by atoms with van der Waals surface area (Å²) in [5, 5.41) is 7.25. The summed E-state index contributed by atoms with van der Waals surface area (Å²) in [6, 6.07) is 26.9. The van der Waals surface area contributed by atoms with Gasteiger partial charge in [0.25, 0.3) is 5.91 Å². The Morgan fingerprint density at radius 1 is 0.793 bits per heavy atom. The molecule has 140 valence electrons. The Morgan fingerprint density at radius 2 is 1.55 bits per heavy atom. The Morgan fingerprint density at radius 3 is 2.38 bits per heavy atom. The van der Waals surface area contributed by atoms with Gasteiger partial charge in [-0.05, 0) is 48.5 Å². The van der Waals surface area contributed by atoms with Crippen LogP contribution < -0.4 is 5.32 Å². The Labute approximate surface area is 167 Å². The largest absolute Gasteiger partial charge is 0.305 e. The predicted octanol–water partition coefficient (Wildman–Crippen LogP) is 4.46. The number of benzene rings is 3. The Bertz CT molecular complexity index is 1290. The van der Waals surface area contributed by atoms with Crippen LogP contribution in [-0.4, -0.2) is 25.2 Å². The summed E-state index contributed by atoms with van der Waals surface area (Å²) >= 11 is 0. The quantitative estimate of drug-likeness (QED) is 0.501. The second-order valence-electron chi connectivity index (χ2n) is 6.59. The van der Waals surface area contributed by atoms with Gasteiger partial charge in [0.1, 0.15) is 6.33 Å². The van der Waals surface area contributed by atoms with Gasteiger partial charge in [-0.2, -0.15) is 5.10 Å². The topological polar surface area (TPSA) is 64.7 Å². The molecule has 5 rings (SSSR count). The fourth-order valence-corrected chi connectivity index (χ4v) is 3.24. The van der Waals surface area contributed by atoms with Crippen LogP contribution in [0, 0.1) is 0 Å². The van der Waals surface area contributed by atoms with Crippen LogP contribution in [0.3, 0.4) is 0 Å². The van der Waals surface area contributed by atoms with Crippen molar-refractivity contribution in [1.82, 2.24) is 19.3 Å². The van der Waals surface area contributed by atoms with Gasteiger partial charge >= 0.3 is 0 Å². The van der Waals surface area contributed by atoms with Gasteiger partial charge in [-0.1, -0.05) is 30.3 Å². The molecular formula is C23H17N5O. The van der Waals surface area contributed by atoms with Crippen LogP contribution in [0.2, 0.25) is 0 Å². The average Bonchev–Trinajstić information content (AvgIpc) is 3.42. The molecule has 2 heterocycles. The molecule has 0 aliphatic rings. The lowest BCUT2D eigenvalue weighted by molar-refractivity contribution is 0.102. The minimum absolute atomic E-state index is 0.203. The van der Waals surface area contributed by atoms with Crippen molar-refractivity contribution in [2.24, 2.45) is 0 Å². The minimum atomic E-state index is -0.203. The third-order valence-corrected chi connectivity index (χ3v) is 4.71. The third-order valence-electron chi connectivity index (χ3n) is 4.71. The number of fused-ring (bicyclic) bond motifs is 1. The second kappa shape index (κ2) is 7.09. The molecule has 29 heavy (non-hydrogen) atoms. The molecule has 0 spiro atoms. The van der Waals surface area contributed by atoms with Crippen LogP contribution in [0.15, 0.2) is 97.5 Å². The van der Waals surface area contributed by atoms with E-state index >= 15 is 0 Å². The third kappa shape index (κ3) is 3.27. The van der Waals surface area contributed by atoms with Crippen molar-refractivity contribution < 1.29 is 4.79 Å².